The van der Waals surface area contributed by atoms with Gasteiger partial charge in [-0.25, -0.2) is 8.42 Å². The predicted molar refractivity (Wildman–Crippen MR) is 109 cm³/mol. The van der Waals surface area contributed by atoms with Crippen LogP contribution >= 0.6 is 0 Å². The van der Waals surface area contributed by atoms with Crippen molar-refractivity contribution in [2.75, 3.05) is 19.5 Å². The lowest BCUT2D eigenvalue weighted by Crippen LogP contribution is -2.29. The van der Waals surface area contributed by atoms with Gasteiger partial charge in [-0.1, -0.05) is 5.10 Å². The van der Waals surface area contributed by atoms with Crippen LogP contribution in [0.1, 0.15) is 23.2 Å². The lowest BCUT2D eigenvalue weighted by molar-refractivity contribution is 0.102. The molecule has 0 unspecified atom stereocenters. The van der Waals surface area contributed by atoms with E-state index in [1.165, 1.54) is 28.6 Å². The number of sulfonamides is 1. The third kappa shape index (κ3) is 4.05. The van der Waals surface area contributed by atoms with E-state index in [1.54, 1.807) is 38.4 Å². The minimum absolute atomic E-state index is 0.0593. The Balaban J connectivity index is 1.44. The summed E-state index contributed by atoms with van der Waals surface area (Å²) in [7, 11) is -0.413. The molecule has 3 aromatic rings. The van der Waals surface area contributed by atoms with Gasteiger partial charge in [0, 0.05) is 24.2 Å². The molecule has 0 bridgehead atoms. The van der Waals surface area contributed by atoms with Crippen molar-refractivity contribution in [2.45, 2.75) is 23.8 Å². The molecule has 1 saturated carbocycles. The average Bonchev–Trinajstić information content (AvgIpc) is 3.52. The Morgan fingerprint density at radius 1 is 1.10 bits per heavy atom. The normalized spacial score (nSPS) is 14.0. The molecule has 30 heavy (non-hydrogen) atoms. The third-order valence-electron chi connectivity index (χ3n) is 4.84. The Morgan fingerprint density at radius 3 is 2.37 bits per heavy atom. The van der Waals surface area contributed by atoms with E-state index in [4.69, 9.17) is 9.15 Å². The van der Waals surface area contributed by atoms with Crippen molar-refractivity contribution in [3.63, 3.8) is 0 Å². The van der Waals surface area contributed by atoms with Crippen LogP contribution in [0, 0.1) is 0 Å². The van der Waals surface area contributed by atoms with Crippen LogP contribution in [0.25, 0.3) is 11.5 Å². The van der Waals surface area contributed by atoms with Crippen LogP contribution < -0.4 is 10.1 Å². The monoisotopic (exact) mass is 428 g/mol. The van der Waals surface area contributed by atoms with Crippen LogP contribution in [-0.4, -0.2) is 49.0 Å². The molecule has 1 fully saturated rings. The number of hydrogen-bond acceptors (Lipinski definition) is 7. The zero-order valence-electron chi connectivity index (χ0n) is 16.4. The Bertz CT molecular complexity index is 1150. The van der Waals surface area contributed by atoms with Gasteiger partial charge in [-0.05, 0) is 61.4 Å². The van der Waals surface area contributed by atoms with Crippen LogP contribution in [0.5, 0.6) is 5.75 Å². The van der Waals surface area contributed by atoms with Gasteiger partial charge in [-0.2, -0.15) is 4.31 Å². The molecule has 0 atom stereocenters. The Kier molecular flexibility index (Phi) is 5.27. The van der Waals surface area contributed by atoms with Gasteiger partial charge in [-0.15, -0.1) is 5.10 Å². The van der Waals surface area contributed by atoms with Gasteiger partial charge in [0.25, 0.3) is 5.91 Å². The third-order valence-corrected chi connectivity index (χ3v) is 6.76. The second-order valence-corrected chi connectivity index (χ2v) is 8.87. The highest BCUT2D eigenvalue weighted by atomic mass is 32.2. The number of hydrogen-bond donors (Lipinski definition) is 1. The number of methoxy groups -OCH3 is 1. The number of ether oxygens (including phenoxy) is 1. The molecular weight excluding hydrogens is 408 g/mol. The molecular formula is C20H20N4O5S. The maximum Gasteiger partial charge on any atom is 0.322 e. The summed E-state index contributed by atoms with van der Waals surface area (Å²) in [5.41, 5.74) is 0.949. The highest BCUT2D eigenvalue weighted by Gasteiger charge is 2.35. The van der Waals surface area contributed by atoms with Crippen molar-refractivity contribution in [3.8, 4) is 17.2 Å². The summed E-state index contributed by atoms with van der Waals surface area (Å²) >= 11 is 0. The van der Waals surface area contributed by atoms with E-state index in [0.29, 0.717) is 11.3 Å². The number of carbonyl (C=O) groups is 1. The van der Waals surface area contributed by atoms with E-state index in [9.17, 15) is 13.2 Å². The molecule has 9 nitrogen and oxygen atoms in total. The number of carbonyl (C=O) groups excluding carboxylic acids is 1. The van der Waals surface area contributed by atoms with Crippen LogP contribution in [0.4, 0.5) is 6.01 Å². The van der Waals surface area contributed by atoms with Gasteiger partial charge in [0.05, 0.1) is 12.0 Å². The Morgan fingerprint density at radius 2 is 1.77 bits per heavy atom. The average molecular weight is 428 g/mol. The van der Waals surface area contributed by atoms with Crippen molar-refractivity contribution < 1.29 is 22.4 Å². The maximum absolute atomic E-state index is 12.5. The Labute approximate surface area is 173 Å². The number of nitrogens with zero attached hydrogens (tertiary/aromatic N) is 3. The number of anilines is 1. The zero-order valence-corrected chi connectivity index (χ0v) is 17.2. The van der Waals surface area contributed by atoms with E-state index in [-0.39, 0.29) is 28.4 Å². The van der Waals surface area contributed by atoms with Gasteiger partial charge in [0.1, 0.15) is 5.75 Å². The fourth-order valence-electron chi connectivity index (χ4n) is 2.87. The molecule has 1 aliphatic carbocycles. The fourth-order valence-corrected chi connectivity index (χ4v) is 4.29. The van der Waals surface area contributed by atoms with Crippen molar-refractivity contribution in [1.29, 1.82) is 0 Å². The van der Waals surface area contributed by atoms with Gasteiger partial charge in [-0.3, -0.25) is 10.1 Å². The van der Waals surface area contributed by atoms with E-state index in [1.807, 2.05) is 0 Å². The second kappa shape index (κ2) is 7.88. The molecule has 0 saturated heterocycles. The Hall–Kier alpha value is -3.24. The van der Waals surface area contributed by atoms with Crippen molar-refractivity contribution in [2.24, 2.45) is 0 Å². The second-order valence-electron chi connectivity index (χ2n) is 6.87. The summed E-state index contributed by atoms with van der Waals surface area (Å²) in [5.74, 6) is 0.456. The summed E-state index contributed by atoms with van der Waals surface area (Å²) in [6, 6.07) is 12.8. The summed E-state index contributed by atoms with van der Waals surface area (Å²) < 4.78 is 37.1. The molecule has 0 aliphatic heterocycles. The molecule has 4 rings (SSSR count). The summed E-state index contributed by atoms with van der Waals surface area (Å²) in [6.45, 7) is 0. The highest BCUT2D eigenvalue weighted by molar-refractivity contribution is 7.89. The standard InChI is InChI=1S/C20H20N4O5S/c1-24(15-7-8-15)30(26,27)17-11-5-13(6-12-17)18(25)21-20-23-22-19(29-20)14-3-9-16(28-2)10-4-14/h3-6,9-12,15H,7-8H2,1-2H3,(H,21,23,25). The SMILES string of the molecule is COc1ccc(-c2nnc(NC(=O)c3ccc(S(=O)(=O)N(C)C4CC4)cc3)o2)cc1. The lowest BCUT2D eigenvalue weighted by atomic mass is 10.2. The summed E-state index contributed by atoms with van der Waals surface area (Å²) in [5, 5.41) is 10.3. The minimum atomic E-state index is -3.56. The van der Waals surface area contributed by atoms with E-state index >= 15 is 0 Å². The molecule has 1 amide bonds. The molecule has 1 aliphatic rings. The summed E-state index contributed by atoms with van der Waals surface area (Å²) in [4.78, 5) is 12.6. The first-order valence-electron chi connectivity index (χ1n) is 9.26. The van der Waals surface area contributed by atoms with Gasteiger partial charge >= 0.3 is 6.01 Å². The van der Waals surface area contributed by atoms with Crippen LogP contribution in [0.2, 0.25) is 0 Å². The van der Waals surface area contributed by atoms with Gasteiger partial charge in [0.15, 0.2) is 0 Å². The fraction of sp³-hybridized carbons (Fsp3) is 0.250. The zero-order chi connectivity index (χ0) is 21.3. The van der Waals surface area contributed by atoms with Crippen molar-refractivity contribution >= 4 is 21.9 Å². The van der Waals surface area contributed by atoms with Crippen molar-refractivity contribution in [3.05, 3.63) is 54.1 Å². The van der Waals surface area contributed by atoms with Gasteiger partial charge in [0.2, 0.25) is 15.9 Å². The molecule has 156 valence electrons. The lowest BCUT2D eigenvalue weighted by Gasteiger charge is -2.16. The highest BCUT2D eigenvalue weighted by Crippen LogP contribution is 2.30. The smallest absolute Gasteiger partial charge is 0.322 e. The molecule has 2 aromatic carbocycles. The first-order chi connectivity index (χ1) is 14.4. The van der Waals surface area contributed by atoms with Crippen LogP contribution in [0.15, 0.2) is 57.8 Å². The van der Waals surface area contributed by atoms with Gasteiger partial charge < -0.3 is 9.15 Å². The molecule has 0 radical (unpaired) electrons. The number of aromatic nitrogens is 2. The van der Waals surface area contributed by atoms with E-state index in [2.05, 4.69) is 15.5 Å². The van der Waals surface area contributed by atoms with Crippen LogP contribution in [0.3, 0.4) is 0 Å². The largest absolute Gasteiger partial charge is 0.497 e. The van der Waals surface area contributed by atoms with E-state index < -0.39 is 15.9 Å². The van der Waals surface area contributed by atoms with Crippen molar-refractivity contribution in [1.82, 2.24) is 14.5 Å². The molecule has 1 N–H and O–H groups in total. The minimum Gasteiger partial charge on any atom is -0.497 e. The number of nitrogens with one attached hydrogen (secondary N) is 1. The van der Waals surface area contributed by atoms with E-state index in [0.717, 1.165) is 12.8 Å². The molecule has 1 heterocycles. The molecule has 0 spiro atoms. The summed E-state index contributed by atoms with van der Waals surface area (Å²) in [6.07, 6.45) is 1.75. The first-order valence-corrected chi connectivity index (χ1v) is 10.7. The maximum atomic E-state index is 12.5. The van der Waals surface area contributed by atoms with Crippen LogP contribution in [-0.2, 0) is 10.0 Å². The number of amides is 1. The molecule has 10 heteroatoms. The predicted octanol–water partition coefficient (Wildman–Crippen LogP) is 2.78. The number of benzene rings is 2. The molecule has 1 aromatic heterocycles. The topological polar surface area (TPSA) is 115 Å². The number of rotatable bonds is 7. The quantitative estimate of drug-likeness (QED) is 0.615. The first kappa shape index (κ1) is 20.0.